The predicted octanol–water partition coefficient (Wildman–Crippen LogP) is 2.79. The zero-order chi connectivity index (χ0) is 10.7. The lowest BCUT2D eigenvalue weighted by molar-refractivity contribution is 0.0695. The summed E-state index contributed by atoms with van der Waals surface area (Å²) in [5.41, 5.74) is 2.28. The number of hydrogen-bond acceptors (Lipinski definition) is 1. The lowest BCUT2D eigenvalue weighted by atomic mass is 10.1. The smallest absolute Gasteiger partial charge is 0.337 e. The van der Waals surface area contributed by atoms with Crippen LogP contribution in [0.25, 0.3) is 0 Å². The van der Waals surface area contributed by atoms with E-state index in [1.807, 2.05) is 13.8 Å². The lowest BCUT2D eigenvalue weighted by Gasteiger charge is -2.03. The van der Waals surface area contributed by atoms with Crippen LogP contribution in [0.5, 0.6) is 0 Å². The van der Waals surface area contributed by atoms with Gasteiger partial charge in [0.05, 0.1) is 5.56 Å². The third-order valence-electron chi connectivity index (χ3n) is 2.23. The third kappa shape index (κ3) is 2.16. The van der Waals surface area contributed by atoms with E-state index in [1.165, 1.54) is 0 Å². The Morgan fingerprint density at radius 1 is 1.57 bits per heavy atom. The van der Waals surface area contributed by atoms with Gasteiger partial charge in [0.25, 0.3) is 0 Å². The van der Waals surface area contributed by atoms with Gasteiger partial charge in [0.2, 0.25) is 0 Å². The molecule has 0 amide bonds. The summed E-state index contributed by atoms with van der Waals surface area (Å²) in [5.74, 6) is -0.612. The molecule has 0 fully saturated rings. The number of aryl methyl sites for hydroxylation is 1. The van der Waals surface area contributed by atoms with Gasteiger partial charge in [0.1, 0.15) is 0 Å². The van der Waals surface area contributed by atoms with Crippen molar-refractivity contribution in [2.24, 2.45) is 0 Å². The molecular weight excluding hydrogens is 178 g/mol. The number of aromatic nitrogens is 1. The summed E-state index contributed by atoms with van der Waals surface area (Å²) >= 11 is 0. The van der Waals surface area contributed by atoms with Crippen LogP contribution in [0.4, 0.5) is 0 Å². The van der Waals surface area contributed by atoms with Crippen LogP contribution in [-0.4, -0.2) is 16.1 Å². The van der Waals surface area contributed by atoms with Crippen LogP contribution in [0, 0.1) is 0 Å². The van der Waals surface area contributed by atoms with Gasteiger partial charge in [-0.1, -0.05) is 27.2 Å². The zero-order valence-electron chi connectivity index (χ0n) is 8.92. The minimum atomic E-state index is -0.840. The average Bonchev–Trinajstić information content (AvgIpc) is 2.49. The second-order valence-corrected chi connectivity index (χ2v) is 3.83. The second kappa shape index (κ2) is 4.31. The number of H-pyrrole nitrogens is 1. The van der Waals surface area contributed by atoms with Gasteiger partial charge in [0, 0.05) is 11.4 Å². The summed E-state index contributed by atoms with van der Waals surface area (Å²) in [6.07, 6.45) is 1.93. The molecule has 78 valence electrons. The molecule has 2 N–H and O–H groups in total. The number of nitrogens with one attached hydrogen (secondary N) is 1. The highest BCUT2D eigenvalue weighted by Gasteiger charge is 2.16. The van der Waals surface area contributed by atoms with Crippen molar-refractivity contribution in [1.82, 2.24) is 4.98 Å². The van der Waals surface area contributed by atoms with Crippen molar-refractivity contribution < 1.29 is 9.90 Å². The Kier molecular flexibility index (Phi) is 3.33. The van der Waals surface area contributed by atoms with Crippen LogP contribution in [-0.2, 0) is 6.42 Å². The minimum absolute atomic E-state index is 0.228. The molecular formula is C11H17NO2. The van der Waals surface area contributed by atoms with E-state index < -0.39 is 5.97 Å². The Bertz CT molecular complexity index is 326. The number of carboxylic acids is 1. The maximum absolute atomic E-state index is 10.9. The van der Waals surface area contributed by atoms with Gasteiger partial charge in [-0.05, 0) is 18.4 Å². The molecule has 0 spiro atoms. The molecule has 0 atom stereocenters. The third-order valence-corrected chi connectivity index (χ3v) is 2.23. The predicted molar refractivity (Wildman–Crippen MR) is 55.8 cm³/mol. The number of hydrogen-bond donors (Lipinski definition) is 2. The maximum Gasteiger partial charge on any atom is 0.337 e. The lowest BCUT2D eigenvalue weighted by Crippen LogP contribution is -2.01. The van der Waals surface area contributed by atoms with Gasteiger partial charge in [0.15, 0.2) is 0 Å². The summed E-state index contributed by atoms with van der Waals surface area (Å²) in [7, 11) is 0. The summed E-state index contributed by atoms with van der Waals surface area (Å²) in [6, 6.07) is 1.75. The van der Waals surface area contributed by atoms with Gasteiger partial charge in [-0.3, -0.25) is 0 Å². The highest BCUT2D eigenvalue weighted by molar-refractivity contribution is 5.89. The second-order valence-electron chi connectivity index (χ2n) is 3.83. The molecule has 0 unspecified atom stereocenters. The minimum Gasteiger partial charge on any atom is -0.478 e. The first-order valence-electron chi connectivity index (χ1n) is 5.01. The molecule has 3 heteroatoms. The van der Waals surface area contributed by atoms with Gasteiger partial charge in [-0.15, -0.1) is 0 Å². The molecule has 1 rings (SSSR count). The molecule has 1 aromatic rings. The van der Waals surface area contributed by atoms with Gasteiger partial charge >= 0.3 is 5.97 Å². The molecule has 0 aliphatic heterocycles. The number of carbonyl (C=O) groups is 1. The van der Waals surface area contributed by atoms with E-state index >= 15 is 0 Å². The van der Waals surface area contributed by atoms with E-state index in [0.29, 0.717) is 5.56 Å². The average molecular weight is 195 g/mol. The van der Waals surface area contributed by atoms with E-state index in [1.54, 1.807) is 6.07 Å². The molecule has 0 aliphatic rings. The first-order chi connectivity index (χ1) is 6.56. The Labute approximate surface area is 84.2 Å². The molecule has 1 aromatic heterocycles. The maximum atomic E-state index is 10.9. The monoisotopic (exact) mass is 195 g/mol. The van der Waals surface area contributed by atoms with E-state index in [0.717, 1.165) is 24.2 Å². The Morgan fingerprint density at radius 2 is 2.21 bits per heavy atom. The summed E-state index contributed by atoms with van der Waals surface area (Å²) in [5, 5.41) is 8.98. The summed E-state index contributed by atoms with van der Waals surface area (Å²) in [4.78, 5) is 14.1. The molecule has 0 aliphatic carbocycles. The SMILES string of the molecule is CCCc1cc(C(=O)O)c(C(C)C)[nH]1. The Morgan fingerprint density at radius 3 is 2.57 bits per heavy atom. The van der Waals surface area contributed by atoms with Crippen LogP contribution in [0.2, 0.25) is 0 Å². The first kappa shape index (κ1) is 10.8. The molecule has 0 saturated heterocycles. The van der Waals surface area contributed by atoms with Gasteiger partial charge in [-0.2, -0.15) is 0 Å². The number of aromatic amines is 1. The number of aromatic carboxylic acids is 1. The van der Waals surface area contributed by atoms with Crippen molar-refractivity contribution in [2.45, 2.75) is 39.5 Å². The molecule has 0 bridgehead atoms. The Hall–Kier alpha value is -1.25. The number of carboxylic acid groups (broad SMARTS) is 1. The van der Waals surface area contributed by atoms with Crippen molar-refractivity contribution in [3.63, 3.8) is 0 Å². The van der Waals surface area contributed by atoms with Crippen molar-refractivity contribution >= 4 is 5.97 Å². The molecule has 3 nitrogen and oxygen atoms in total. The quantitative estimate of drug-likeness (QED) is 0.776. The normalized spacial score (nSPS) is 10.9. The van der Waals surface area contributed by atoms with Gasteiger partial charge < -0.3 is 10.1 Å². The van der Waals surface area contributed by atoms with E-state index in [2.05, 4.69) is 11.9 Å². The van der Waals surface area contributed by atoms with E-state index in [-0.39, 0.29) is 5.92 Å². The zero-order valence-corrected chi connectivity index (χ0v) is 8.92. The van der Waals surface area contributed by atoms with Crippen LogP contribution in [0.3, 0.4) is 0 Å². The highest BCUT2D eigenvalue weighted by atomic mass is 16.4. The van der Waals surface area contributed by atoms with E-state index in [4.69, 9.17) is 5.11 Å². The van der Waals surface area contributed by atoms with Crippen LogP contribution < -0.4 is 0 Å². The van der Waals surface area contributed by atoms with Crippen molar-refractivity contribution in [3.8, 4) is 0 Å². The van der Waals surface area contributed by atoms with Crippen molar-refractivity contribution in [2.75, 3.05) is 0 Å². The van der Waals surface area contributed by atoms with Crippen LogP contribution in [0.1, 0.15) is 54.9 Å². The van der Waals surface area contributed by atoms with Crippen molar-refractivity contribution in [3.05, 3.63) is 23.0 Å². The molecule has 14 heavy (non-hydrogen) atoms. The summed E-state index contributed by atoms with van der Waals surface area (Å²) in [6.45, 7) is 6.07. The van der Waals surface area contributed by atoms with Crippen LogP contribution in [0.15, 0.2) is 6.07 Å². The van der Waals surface area contributed by atoms with Crippen LogP contribution >= 0.6 is 0 Å². The largest absolute Gasteiger partial charge is 0.478 e. The fraction of sp³-hybridized carbons (Fsp3) is 0.545. The standard InChI is InChI=1S/C11H17NO2/c1-4-5-8-6-9(11(13)14)10(12-8)7(2)3/h6-7,12H,4-5H2,1-3H3,(H,13,14). The fourth-order valence-electron chi connectivity index (χ4n) is 1.56. The number of rotatable bonds is 4. The topological polar surface area (TPSA) is 53.1 Å². The first-order valence-corrected chi connectivity index (χ1v) is 5.01. The molecule has 0 saturated carbocycles. The fourth-order valence-corrected chi connectivity index (χ4v) is 1.56. The van der Waals surface area contributed by atoms with E-state index in [9.17, 15) is 4.79 Å². The Balaban J connectivity index is 3.06. The summed E-state index contributed by atoms with van der Waals surface area (Å²) < 4.78 is 0. The van der Waals surface area contributed by atoms with Gasteiger partial charge in [-0.25, -0.2) is 4.79 Å². The molecule has 0 radical (unpaired) electrons. The molecule has 1 heterocycles. The van der Waals surface area contributed by atoms with Crippen molar-refractivity contribution in [1.29, 1.82) is 0 Å². The molecule has 0 aromatic carbocycles. The highest BCUT2D eigenvalue weighted by Crippen LogP contribution is 2.20.